The SMILES string of the molecule is Cc1ccc(NC(=O)N(CC(=O)N(Cc2cccn2C)C2CC2)CC(C)C)cc1Cl. The molecule has 1 N–H and O–H groups in total. The number of aryl methyl sites for hydroxylation is 2. The van der Waals surface area contributed by atoms with Gasteiger partial charge in [0, 0.05) is 42.2 Å². The van der Waals surface area contributed by atoms with Crippen molar-refractivity contribution in [1.82, 2.24) is 14.4 Å². The minimum atomic E-state index is -0.286. The lowest BCUT2D eigenvalue weighted by molar-refractivity contribution is -0.133. The monoisotopic (exact) mass is 430 g/mol. The highest BCUT2D eigenvalue weighted by molar-refractivity contribution is 6.31. The third-order valence-corrected chi connectivity index (χ3v) is 5.72. The van der Waals surface area contributed by atoms with E-state index in [9.17, 15) is 9.59 Å². The van der Waals surface area contributed by atoms with Crippen molar-refractivity contribution in [1.29, 1.82) is 0 Å². The van der Waals surface area contributed by atoms with Gasteiger partial charge in [-0.25, -0.2) is 4.79 Å². The van der Waals surface area contributed by atoms with Crippen LogP contribution in [-0.2, 0) is 18.4 Å². The summed E-state index contributed by atoms with van der Waals surface area (Å²) in [5.41, 5.74) is 2.66. The van der Waals surface area contributed by atoms with Crippen LogP contribution in [0.15, 0.2) is 36.5 Å². The van der Waals surface area contributed by atoms with E-state index in [2.05, 4.69) is 5.32 Å². The number of nitrogens with one attached hydrogen (secondary N) is 1. The number of benzene rings is 1. The van der Waals surface area contributed by atoms with Gasteiger partial charge in [-0.2, -0.15) is 0 Å². The number of carbonyl (C=O) groups is 2. The van der Waals surface area contributed by atoms with Gasteiger partial charge in [0.05, 0.1) is 6.54 Å². The first kappa shape index (κ1) is 22.2. The van der Waals surface area contributed by atoms with E-state index in [0.29, 0.717) is 23.8 Å². The van der Waals surface area contributed by atoms with Crippen molar-refractivity contribution in [2.24, 2.45) is 13.0 Å². The van der Waals surface area contributed by atoms with Crippen LogP contribution in [0.5, 0.6) is 0 Å². The van der Waals surface area contributed by atoms with E-state index in [-0.39, 0.29) is 30.4 Å². The Bertz CT molecular complexity index is 904. The lowest BCUT2D eigenvalue weighted by atomic mass is 10.2. The molecule has 30 heavy (non-hydrogen) atoms. The van der Waals surface area contributed by atoms with Crippen molar-refractivity contribution in [2.45, 2.75) is 46.2 Å². The van der Waals surface area contributed by atoms with Gasteiger partial charge in [-0.05, 0) is 55.5 Å². The zero-order valence-electron chi connectivity index (χ0n) is 18.2. The molecule has 1 aromatic carbocycles. The Morgan fingerprint density at radius 1 is 1.27 bits per heavy atom. The molecule has 0 radical (unpaired) electrons. The molecule has 6 nitrogen and oxygen atoms in total. The van der Waals surface area contributed by atoms with Crippen LogP contribution in [0.3, 0.4) is 0 Å². The fourth-order valence-electron chi connectivity index (χ4n) is 3.43. The van der Waals surface area contributed by atoms with Crippen molar-refractivity contribution in [3.63, 3.8) is 0 Å². The summed E-state index contributed by atoms with van der Waals surface area (Å²) in [7, 11) is 1.98. The summed E-state index contributed by atoms with van der Waals surface area (Å²) in [6.07, 6.45) is 4.03. The molecule has 0 unspecified atom stereocenters. The Labute approximate surface area is 183 Å². The molecule has 1 aromatic heterocycles. The lowest BCUT2D eigenvalue weighted by Crippen LogP contribution is -2.46. The maximum absolute atomic E-state index is 13.2. The van der Waals surface area contributed by atoms with Crippen molar-refractivity contribution < 1.29 is 9.59 Å². The van der Waals surface area contributed by atoms with Crippen molar-refractivity contribution in [2.75, 3.05) is 18.4 Å². The normalized spacial score (nSPS) is 13.4. The first-order valence-electron chi connectivity index (χ1n) is 10.5. The fraction of sp³-hybridized carbons (Fsp3) is 0.478. The molecule has 1 heterocycles. The quantitative estimate of drug-likeness (QED) is 0.661. The predicted molar refractivity (Wildman–Crippen MR) is 121 cm³/mol. The van der Waals surface area contributed by atoms with Crippen LogP contribution in [-0.4, -0.2) is 45.4 Å². The van der Waals surface area contributed by atoms with Gasteiger partial charge in [-0.15, -0.1) is 0 Å². The molecule has 0 spiro atoms. The van der Waals surface area contributed by atoms with Gasteiger partial charge in [0.1, 0.15) is 6.54 Å². The standard InChI is InChI=1S/C23H31ClN4O2/c1-16(2)13-27(23(30)25-18-8-7-17(3)21(24)12-18)15-22(29)28(19-9-10-19)14-20-6-5-11-26(20)4/h5-8,11-12,16,19H,9-10,13-15H2,1-4H3,(H,25,30). The van der Waals surface area contributed by atoms with Crippen molar-refractivity contribution in [3.05, 3.63) is 52.8 Å². The maximum atomic E-state index is 13.2. The van der Waals surface area contributed by atoms with Crippen LogP contribution in [0.2, 0.25) is 5.02 Å². The average Bonchev–Trinajstić information content (AvgIpc) is 3.44. The molecule has 0 aliphatic heterocycles. The first-order chi connectivity index (χ1) is 14.2. The minimum absolute atomic E-state index is 0.0172. The molecule has 162 valence electrons. The highest BCUT2D eigenvalue weighted by atomic mass is 35.5. The summed E-state index contributed by atoms with van der Waals surface area (Å²) in [5.74, 6) is 0.226. The van der Waals surface area contributed by atoms with Gasteiger partial charge in [0.2, 0.25) is 5.91 Å². The van der Waals surface area contributed by atoms with Gasteiger partial charge in [0.15, 0.2) is 0 Å². The van der Waals surface area contributed by atoms with E-state index in [1.807, 2.05) is 67.7 Å². The second-order valence-electron chi connectivity index (χ2n) is 8.53. The summed E-state index contributed by atoms with van der Waals surface area (Å²) < 4.78 is 2.03. The molecule has 3 rings (SSSR count). The van der Waals surface area contributed by atoms with E-state index < -0.39 is 0 Å². The van der Waals surface area contributed by atoms with E-state index in [0.717, 1.165) is 24.1 Å². The molecular weight excluding hydrogens is 400 g/mol. The number of hydrogen-bond donors (Lipinski definition) is 1. The number of carbonyl (C=O) groups excluding carboxylic acids is 2. The van der Waals surface area contributed by atoms with Crippen LogP contribution < -0.4 is 5.32 Å². The highest BCUT2D eigenvalue weighted by Gasteiger charge is 2.34. The highest BCUT2D eigenvalue weighted by Crippen LogP contribution is 2.29. The smallest absolute Gasteiger partial charge is 0.322 e. The van der Waals surface area contributed by atoms with Crippen LogP contribution in [0.1, 0.15) is 37.9 Å². The van der Waals surface area contributed by atoms with Gasteiger partial charge in [-0.1, -0.05) is 31.5 Å². The molecule has 1 fully saturated rings. The van der Waals surface area contributed by atoms with Gasteiger partial charge in [0.25, 0.3) is 0 Å². The Kier molecular flexibility index (Phi) is 7.08. The zero-order chi connectivity index (χ0) is 21.8. The number of urea groups is 1. The number of hydrogen-bond acceptors (Lipinski definition) is 2. The van der Waals surface area contributed by atoms with E-state index in [1.54, 1.807) is 11.0 Å². The van der Waals surface area contributed by atoms with Gasteiger partial charge >= 0.3 is 6.03 Å². The number of aromatic nitrogens is 1. The van der Waals surface area contributed by atoms with Crippen molar-refractivity contribution >= 4 is 29.2 Å². The molecular formula is C23H31ClN4O2. The molecule has 0 atom stereocenters. The number of anilines is 1. The molecule has 1 aliphatic carbocycles. The Balaban J connectivity index is 1.70. The number of halogens is 1. The molecule has 0 saturated heterocycles. The summed E-state index contributed by atoms with van der Waals surface area (Å²) in [6, 6.07) is 9.42. The summed E-state index contributed by atoms with van der Waals surface area (Å²) in [6.45, 7) is 7.12. The Hall–Kier alpha value is -2.47. The third-order valence-electron chi connectivity index (χ3n) is 5.31. The minimum Gasteiger partial charge on any atom is -0.353 e. The maximum Gasteiger partial charge on any atom is 0.322 e. The molecule has 2 aromatic rings. The molecule has 1 saturated carbocycles. The largest absolute Gasteiger partial charge is 0.353 e. The van der Waals surface area contributed by atoms with Gasteiger partial charge < -0.3 is 19.7 Å². The van der Waals surface area contributed by atoms with Gasteiger partial charge in [-0.3, -0.25) is 4.79 Å². The van der Waals surface area contributed by atoms with Crippen LogP contribution in [0.4, 0.5) is 10.5 Å². The number of amides is 3. The second kappa shape index (κ2) is 9.56. The molecule has 1 aliphatic rings. The average molecular weight is 431 g/mol. The predicted octanol–water partition coefficient (Wildman–Crippen LogP) is 4.67. The van der Waals surface area contributed by atoms with E-state index in [4.69, 9.17) is 11.6 Å². The summed E-state index contributed by atoms with van der Waals surface area (Å²) >= 11 is 6.18. The van der Waals surface area contributed by atoms with Crippen LogP contribution in [0, 0.1) is 12.8 Å². The summed E-state index contributed by atoms with van der Waals surface area (Å²) in [4.78, 5) is 29.7. The fourth-order valence-corrected chi connectivity index (χ4v) is 3.61. The summed E-state index contributed by atoms with van der Waals surface area (Å²) in [5, 5.41) is 3.49. The zero-order valence-corrected chi connectivity index (χ0v) is 18.9. The van der Waals surface area contributed by atoms with Crippen LogP contribution >= 0.6 is 11.6 Å². The third kappa shape index (κ3) is 5.79. The molecule has 7 heteroatoms. The number of rotatable bonds is 8. The topological polar surface area (TPSA) is 57.6 Å². The number of nitrogens with zero attached hydrogens (tertiary/aromatic N) is 3. The second-order valence-corrected chi connectivity index (χ2v) is 8.94. The lowest BCUT2D eigenvalue weighted by Gasteiger charge is -2.29. The van der Waals surface area contributed by atoms with Crippen molar-refractivity contribution in [3.8, 4) is 0 Å². The van der Waals surface area contributed by atoms with E-state index in [1.165, 1.54) is 0 Å². The van der Waals surface area contributed by atoms with E-state index >= 15 is 0 Å². The van der Waals surface area contributed by atoms with Crippen LogP contribution in [0.25, 0.3) is 0 Å². The molecule has 0 bridgehead atoms. The first-order valence-corrected chi connectivity index (χ1v) is 10.8. The molecule has 3 amide bonds. The Morgan fingerprint density at radius 3 is 2.57 bits per heavy atom. The Morgan fingerprint density at radius 2 is 2.00 bits per heavy atom.